The Hall–Kier alpha value is -4.05. The first-order chi connectivity index (χ1) is 18.9. The highest BCUT2D eigenvalue weighted by molar-refractivity contribution is 6.40. The Bertz CT molecular complexity index is 1600. The summed E-state index contributed by atoms with van der Waals surface area (Å²) in [6, 6.07) is 4.46. The van der Waals surface area contributed by atoms with E-state index < -0.39 is 23.7 Å². The molecule has 40 heavy (non-hydrogen) atoms. The monoisotopic (exact) mass is 604 g/mol. The van der Waals surface area contributed by atoms with E-state index in [4.69, 9.17) is 33.1 Å². The van der Waals surface area contributed by atoms with Crippen molar-refractivity contribution in [3.8, 4) is 0 Å². The Labute approximate surface area is 231 Å². The first-order valence-electron chi connectivity index (χ1n) is 11.4. The van der Waals surface area contributed by atoms with Crippen molar-refractivity contribution in [3.05, 3.63) is 74.0 Å². The van der Waals surface area contributed by atoms with Gasteiger partial charge in [0.25, 0.3) is 5.91 Å². The average molecular weight is 605 g/mol. The summed E-state index contributed by atoms with van der Waals surface area (Å²) in [4.78, 5) is 39.7. The number of carboxylic acids is 1. The van der Waals surface area contributed by atoms with E-state index in [0.717, 1.165) is 4.40 Å². The molecule has 1 fully saturated rings. The number of carboxylic acid groups (broad SMARTS) is 1. The Kier molecular flexibility index (Phi) is 8.39. The predicted molar refractivity (Wildman–Crippen MR) is 131 cm³/mol. The van der Waals surface area contributed by atoms with Crippen LogP contribution in [-0.4, -0.2) is 75.7 Å². The number of amides is 1. The number of halogens is 6. The summed E-state index contributed by atoms with van der Waals surface area (Å²) < 4.78 is 49.2. The summed E-state index contributed by atoms with van der Waals surface area (Å²) in [6.45, 7) is 0.973. The number of hydrogen-bond donors (Lipinski definition) is 2. The van der Waals surface area contributed by atoms with Crippen molar-refractivity contribution in [1.29, 1.82) is 0 Å². The lowest BCUT2D eigenvalue weighted by molar-refractivity contribution is -0.192. The quantitative estimate of drug-likeness (QED) is 0.337. The molecule has 0 unspecified atom stereocenters. The van der Waals surface area contributed by atoms with Crippen molar-refractivity contribution in [1.82, 2.24) is 39.5 Å². The van der Waals surface area contributed by atoms with E-state index in [2.05, 4.69) is 25.5 Å². The molecule has 12 nitrogen and oxygen atoms in total. The van der Waals surface area contributed by atoms with Gasteiger partial charge in [-0.1, -0.05) is 34.5 Å². The van der Waals surface area contributed by atoms with Gasteiger partial charge in [-0.25, -0.2) is 33.1 Å². The molecule has 0 atom stereocenters. The number of aromatic amines is 1. The van der Waals surface area contributed by atoms with Crippen molar-refractivity contribution in [3.63, 3.8) is 0 Å². The number of aromatic nitrogens is 7. The van der Waals surface area contributed by atoms with Crippen molar-refractivity contribution in [2.24, 2.45) is 0 Å². The van der Waals surface area contributed by atoms with Gasteiger partial charge in [0.2, 0.25) is 0 Å². The van der Waals surface area contributed by atoms with Crippen LogP contribution >= 0.6 is 23.2 Å². The molecule has 1 aromatic carbocycles. The molecule has 2 N–H and O–H groups in total. The van der Waals surface area contributed by atoms with Gasteiger partial charge < -0.3 is 10.0 Å². The molecule has 4 heterocycles. The van der Waals surface area contributed by atoms with E-state index in [1.54, 1.807) is 28.0 Å². The molecule has 0 bridgehead atoms. The fourth-order valence-corrected chi connectivity index (χ4v) is 4.41. The van der Waals surface area contributed by atoms with Gasteiger partial charge in [-0.15, -0.1) is 5.10 Å². The number of rotatable bonds is 4. The second-order valence-electron chi connectivity index (χ2n) is 8.53. The summed E-state index contributed by atoms with van der Waals surface area (Å²) in [7, 11) is 0. The first kappa shape index (κ1) is 28.9. The highest BCUT2D eigenvalue weighted by Crippen LogP contribution is 2.25. The second kappa shape index (κ2) is 11.6. The van der Waals surface area contributed by atoms with E-state index in [-0.39, 0.29) is 39.9 Å². The molecule has 3 aromatic heterocycles. The van der Waals surface area contributed by atoms with Crippen LogP contribution in [0.5, 0.6) is 0 Å². The molecule has 1 amide bonds. The zero-order valence-electron chi connectivity index (χ0n) is 20.1. The van der Waals surface area contributed by atoms with Crippen LogP contribution in [0.15, 0.2) is 35.4 Å². The van der Waals surface area contributed by atoms with Crippen LogP contribution in [-0.2, 0) is 11.2 Å². The molecule has 4 aromatic rings. The lowest BCUT2D eigenvalue weighted by Gasteiger charge is -2.32. The lowest BCUT2D eigenvalue weighted by Crippen LogP contribution is -2.39. The molecule has 18 heteroatoms. The number of nitrogens with one attached hydrogen (secondary N) is 1. The van der Waals surface area contributed by atoms with Crippen molar-refractivity contribution in [2.75, 3.05) is 13.1 Å². The largest absolute Gasteiger partial charge is 0.490 e. The maximum absolute atomic E-state index is 14.6. The highest BCUT2D eigenvalue weighted by atomic mass is 35.5. The fourth-order valence-electron chi connectivity index (χ4n) is 4.04. The van der Waals surface area contributed by atoms with Crippen LogP contribution in [0.4, 0.5) is 17.6 Å². The van der Waals surface area contributed by atoms with Crippen molar-refractivity contribution < 1.29 is 32.3 Å². The van der Waals surface area contributed by atoms with Gasteiger partial charge >= 0.3 is 17.8 Å². The Morgan fingerprint density at radius 3 is 2.45 bits per heavy atom. The standard InChI is InChI=1S/C20H17Cl2FN8O2.C2HF3O2/c21-16-17(22)31-18(25-16)15(26-27-20(31)33)10-11-1-2-14(23)13(9-11)19(32)29-6-3-12(4-7-29)30-8-5-24-28-30;3-2(4,5)1(6)7/h1-2,5,8-9,12H,3-4,6-7,10H2,(H,27,33);(H,6,7). The fraction of sp³-hybridized carbons (Fsp3) is 0.318. The Balaban J connectivity index is 0.000000470. The minimum atomic E-state index is -5.08. The maximum Gasteiger partial charge on any atom is 0.490 e. The van der Waals surface area contributed by atoms with Gasteiger partial charge in [0, 0.05) is 25.7 Å². The van der Waals surface area contributed by atoms with Gasteiger partial charge in [0.05, 0.1) is 17.8 Å². The summed E-state index contributed by atoms with van der Waals surface area (Å²) in [5.41, 5.74) is 0.589. The van der Waals surface area contributed by atoms with Gasteiger partial charge in [-0.2, -0.15) is 18.3 Å². The second-order valence-corrected chi connectivity index (χ2v) is 9.24. The number of hydrogen-bond acceptors (Lipinski definition) is 7. The van der Waals surface area contributed by atoms with Gasteiger partial charge in [0.15, 0.2) is 16.0 Å². The molecule has 0 saturated carbocycles. The minimum absolute atomic E-state index is 0.0217. The molecule has 1 saturated heterocycles. The van der Waals surface area contributed by atoms with E-state index in [1.165, 1.54) is 12.1 Å². The average Bonchev–Trinajstić information content (AvgIpc) is 3.55. The van der Waals surface area contributed by atoms with E-state index in [9.17, 15) is 27.2 Å². The van der Waals surface area contributed by atoms with E-state index in [1.807, 2.05) is 0 Å². The van der Waals surface area contributed by atoms with E-state index in [0.29, 0.717) is 37.2 Å². The number of benzene rings is 1. The number of carbonyl (C=O) groups excluding carboxylic acids is 1. The lowest BCUT2D eigenvalue weighted by atomic mass is 10.0. The molecular weight excluding hydrogens is 587 g/mol. The molecule has 5 rings (SSSR count). The third-order valence-corrected chi connectivity index (χ3v) is 6.68. The van der Waals surface area contributed by atoms with Crippen molar-refractivity contribution >= 4 is 40.7 Å². The number of piperidine rings is 1. The number of alkyl halides is 3. The number of imidazole rings is 1. The third kappa shape index (κ3) is 6.22. The van der Waals surface area contributed by atoms with Crippen LogP contribution in [0.3, 0.4) is 0 Å². The molecule has 0 spiro atoms. The van der Waals surface area contributed by atoms with Crippen LogP contribution < -0.4 is 5.69 Å². The smallest absolute Gasteiger partial charge is 0.475 e. The Morgan fingerprint density at radius 2 is 1.85 bits per heavy atom. The zero-order valence-corrected chi connectivity index (χ0v) is 21.6. The zero-order chi connectivity index (χ0) is 29.2. The number of nitrogens with zero attached hydrogens (tertiary/aromatic N) is 7. The predicted octanol–water partition coefficient (Wildman–Crippen LogP) is 3.16. The van der Waals surface area contributed by atoms with Crippen LogP contribution in [0.2, 0.25) is 10.3 Å². The molecule has 1 aliphatic heterocycles. The number of fused-ring (bicyclic) bond motifs is 1. The minimum Gasteiger partial charge on any atom is -0.475 e. The number of aliphatic carboxylic acids is 1. The van der Waals surface area contributed by atoms with Gasteiger partial charge in [-0.05, 0) is 30.5 Å². The summed E-state index contributed by atoms with van der Waals surface area (Å²) in [5, 5.41) is 21.3. The summed E-state index contributed by atoms with van der Waals surface area (Å²) in [6.07, 6.45) is -0.0742. The van der Waals surface area contributed by atoms with Gasteiger partial charge in [0.1, 0.15) is 11.5 Å². The highest BCUT2D eigenvalue weighted by Gasteiger charge is 2.38. The molecule has 0 aliphatic carbocycles. The normalized spacial score (nSPS) is 14.2. The van der Waals surface area contributed by atoms with Crippen LogP contribution in [0, 0.1) is 5.82 Å². The van der Waals surface area contributed by atoms with Crippen molar-refractivity contribution in [2.45, 2.75) is 31.5 Å². The summed E-state index contributed by atoms with van der Waals surface area (Å²) >= 11 is 12.0. The number of carbonyl (C=O) groups is 2. The Morgan fingerprint density at radius 1 is 1.18 bits per heavy atom. The topological polar surface area (TPSA) is 151 Å². The molecular formula is C22H18Cl2F4N8O4. The SMILES string of the molecule is O=C(O)C(F)(F)F.O=C(c1cc(Cc2n[nH]c(=O)n3c(Cl)c(Cl)nc23)ccc1F)N1CCC(n2ccnn2)CC1. The third-order valence-electron chi connectivity index (χ3n) is 5.97. The molecule has 0 radical (unpaired) electrons. The number of H-pyrrole nitrogens is 1. The van der Waals surface area contributed by atoms with Crippen LogP contribution in [0.1, 0.15) is 40.5 Å². The molecule has 1 aliphatic rings. The van der Waals surface area contributed by atoms with Crippen LogP contribution in [0.25, 0.3) is 5.65 Å². The van der Waals surface area contributed by atoms with Gasteiger partial charge in [-0.3, -0.25) is 4.79 Å². The maximum atomic E-state index is 14.6. The molecule has 212 valence electrons. The summed E-state index contributed by atoms with van der Waals surface area (Å²) in [5.74, 6) is -3.74. The first-order valence-corrected chi connectivity index (χ1v) is 12.2. The number of likely N-dealkylation sites (tertiary alicyclic amines) is 1. The van der Waals surface area contributed by atoms with E-state index >= 15 is 0 Å².